The van der Waals surface area contributed by atoms with E-state index < -0.39 is 0 Å². The average Bonchev–Trinajstić information content (AvgIpc) is 1.84. The first-order valence-electron chi connectivity index (χ1n) is 4.70. The fourth-order valence-electron chi connectivity index (χ4n) is 1.93. The van der Waals surface area contributed by atoms with Crippen LogP contribution in [0.25, 0.3) is 0 Å². The zero-order chi connectivity index (χ0) is 7.40. The van der Waals surface area contributed by atoms with E-state index in [-0.39, 0.29) is 0 Å². The van der Waals surface area contributed by atoms with Gasteiger partial charge in [-0.25, -0.2) is 0 Å². The summed E-state index contributed by atoms with van der Waals surface area (Å²) in [6.07, 6.45) is 8.52. The van der Waals surface area contributed by atoms with Gasteiger partial charge in [-0.3, -0.25) is 0 Å². The van der Waals surface area contributed by atoms with Gasteiger partial charge in [-0.2, -0.15) is 0 Å². The topological polar surface area (TPSA) is 0 Å². The molecule has 10 heavy (non-hydrogen) atoms. The summed E-state index contributed by atoms with van der Waals surface area (Å²) in [5, 5.41) is 0. The third kappa shape index (κ3) is 2.00. The van der Waals surface area contributed by atoms with Crippen LogP contribution in [-0.4, -0.2) is 0 Å². The molecule has 0 aromatic heterocycles. The van der Waals surface area contributed by atoms with Crippen LogP contribution in [0.1, 0.15) is 52.4 Å². The second kappa shape index (κ2) is 4.00. The van der Waals surface area contributed by atoms with Crippen LogP contribution >= 0.6 is 0 Å². The van der Waals surface area contributed by atoms with Crippen LogP contribution in [-0.2, 0) is 0 Å². The molecule has 1 aliphatic carbocycles. The summed E-state index contributed by atoms with van der Waals surface area (Å²) in [7, 11) is 0. The molecule has 1 fully saturated rings. The third-order valence-electron chi connectivity index (χ3n) is 2.46. The highest BCUT2D eigenvalue weighted by molar-refractivity contribution is 5.02. The van der Waals surface area contributed by atoms with Crippen molar-refractivity contribution in [3.05, 3.63) is 5.92 Å². The van der Waals surface area contributed by atoms with Gasteiger partial charge in [0.2, 0.25) is 0 Å². The standard InChI is InChI=1S/C10H19/c1-3-5-9-7-10(8-9)6-4-2/h9H,3-8H2,1-2H3. The summed E-state index contributed by atoms with van der Waals surface area (Å²) < 4.78 is 0. The lowest BCUT2D eigenvalue weighted by Crippen LogP contribution is -2.21. The van der Waals surface area contributed by atoms with E-state index in [0.29, 0.717) is 0 Å². The van der Waals surface area contributed by atoms with Gasteiger partial charge in [-0.15, -0.1) is 0 Å². The molecule has 0 spiro atoms. The second-order valence-corrected chi connectivity index (χ2v) is 3.56. The van der Waals surface area contributed by atoms with E-state index >= 15 is 0 Å². The zero-order valence-electron chi connectivity index (χ0n) is 7.32. The molecule has 0 heterocycles. The van der Waals surface area contributed by atoms with Crippen LogP contribution in [0.2, 0.25) is 0 Å². The molecule has 0 amide bonds. The molecule has 0 aromatic carbocycles. The van der Waals surface area contributed by atoms with E-state index in [1.165, 1.54) is 38.5 Å². The molecule has 0 saturated heterocycles. The van der Waals surface area contributed by atoms with Crippen molar-refractivity contribution < 1.29 is 0 Å². The molecule has 0 unspecified atom stereocenters. The minimum absolute atomic E-state index is 1.08. The van der Waals surface area contributed by atoms with E-state index in [4.69, 9.17) is 0 Å². The highest BCUT2D eigenvalue weighted by Crippen LogP contribution is 2.41. The van der Waals surface area contributed by atoms with Crippen molar-refractivity contribution in [1.29, 1.82) is 0 Å². The normalized spacial score (nSPS) is 21.0. The van der Waals surface area contributed by atoms with Gasteiger partial charge in [-0.05, 0) is 31.1 Å². The van der Waals surface area contributed by atoms with E-state index in [1.807, 2.05) is 5.92 Å². The molecule has 1 aliphatic rings. The van der Waals surface area contributed by atoms with Crippen LogP contribution in [0.3, 0.4) is 0 Å². The Bertz CT molecular complexity index is 70.0. The molecule has 0 N–H and O–H groups in total. The lowest BCUT2D eigenvalue weighted by molar-refractivity contribution is 0.311. The highest BCUT2D eigenvalue weighted by atomic mass is 14.3. The number of hydrogen-bond donors (Lipinski definition) is 0. The molecule has 0 nitrogen and oxygen atoms in total. The quantitative estimate of drug-likeness (QED) is 0.558. The van der Waals surface area contributed by atoms with Crippen LogP contribution in [0.5, 0.6) is 0 Å². The van der Waals surface area contributed by atoms with Gasteiger partial charge in [0, 0.05) is 0 Å². The number of rotatable bonds is 4. The minimum atomic E-state index is 1.08. The molecule has 0 bridgehead atoms. The lowest BCUT2D eigenvalue weighted by Gasteiger charge is -2.34. The molecular formula is C10H19. The molecule has 0 aliphatic heterocycles. The fraction of sp³-hybridized carbons (Fsp3) is 0.900. The summed E-state index contributed by atoms with van der Waals surface area (Å²) in [4.78, 5) is 0. The molecule has 0 atom stereocenters. The first-order chi connectivity index (χ1) is 4.86. The van der Waals surface area contributed by atoms with Gasteiger partial charge in [0.15, 0.2) is 0 Å². The van der Waals surface area contributed by atoms with Gasteiger partial charge < -0.3 is 0 Å². The van der Waals surface area contributed by atoms with Crippen molar-refractivity contribution in [3.63, 3.8) is 0 Å². The summed E-state index contributed by atoms with van der Waals surface area (Å²) in [5.41, 5.74) is 0. The molecule has 1 rings (SSSR count). The Labute approximate surface area is 65.0 Å². The van der Waals surface area contributed by atoms with Gasteiger partial charge in [-0.1, -0.05) is 33.1 Å². The summed E-state index contributed by atoms with van der Waals surface area (Å²) in [5.74, 6) is 2.91. The molecule has 1 saturated carbocycles. The molecular weight excluding hydrogens is 120 g/mol. The first kappa shape index (κ1) is 8.10. The van der Waals surface area contributed by atoms with Gasteiger partial charge in [0.05, 0.1) is 0 Å². The Morgan fingerprint density at radius 1 is 1.20 bits per heavy atom. The summed E-state index contributed by atoms with van der Waals surface area (Å²) >= 11 is 0. The Morgan fingerprint density at radius 2 is 1.90 bits per heavy atom. The average molecular weight is 139 g/mol. The van der Waals surface area contributed by atoms with Gasteiger partial charge in [0.25, 0.3) is 0 Å². The highest BCUT2D eigenvalue weighted by Gasteiger charge is 2.27. The predicted octanol–water partition coefficient (Wildman–Crippen LogP) is 3.57. The monoisotopic (exact) mass is 139 g/mol. The Morgan fingerprint density at radius 3 is 2.40 bits per heavy atom. The van der Waals surface area contributed by atoms with E-state index in [2.05, 4.69) is 13.8 Å². The Hall–Kier alpha value is 0. The van der Waals surface area contributed by atoms with Gasteiger partial charge >= 0.3 is 0 Å². The van der Waals surface area contributed by atoms with Crippen molar-refractivity contribution in [2.75, 3.05) is 0 Å². The van der Waals surface area contributed by atoms with Crippen molar-refractivity contribution in [3.8, 4) is 0 Å². The van der Waals surface area contributed by atoms with Crippen molar-refractivity contribution in [1.82, 2.24) is 0 Å². The van der Waals surface area contributed by atoms with Crippen molar-refractivity contribution in [2.24, 2.45) is 5.92 Å². The van der Waals surface area contributed by atoms with Crippen molar-refractivity contribution >= 4 is 0 Å². The summed E-state index contributed by atoms with van der Waals surface area (Å²) in [6, 6.07) is 0. The first-order valence-corrected chi connectivity index (χ1v) is 4.70. The molecule has 1 radical (unpaired) electrons. The van der Waals surface area contributed by atoms with E-state index in [0.717, 1.165) is 5.92 Å². The minimum Gasteiger partial charge on any atom is -0.0654 e. The smallest absolute Gasteiger partial charge is 0.0236 e. The van der Waals surface area contributed by atoms with E-state index in [1.54, 1.807) is 0 Å². The molecule has 0 heteroatoms. The Balaban J connectivity index is 1.95. The summed E-state index contributed by atoms with van der Waals surface area (Å²) in [6.45, 7) is 4.57. The van der Waals surface area contributed by atoms with E-state index in [9.17, 15) is 0 Å². The Kier molecular flexibility index (Phi) is 3.24. The SMILES string of the molecule is CCC[C]1CC(CCC)C1. The largest absolute Gasteiger partial charge is 0.0654 e. The third-order valence-corrected chi connectivity index (χ3v) is 2.46. The second-order valence-electron chi connectivity index (χ2n) is 3.56. The van der Waals surface area contributed by atoms with Crippen molar-refractivity contribution in [2.45, 2.75) is 52.4 Å². The maximum absolute atomic E-state index is 2.29. The predicted molar refractivity (Wildman–Crippen MR) is 45.8 cm³/mol. The lowest BCUT2D eigenvalue weighted by atomic mass is 9.71. The van der Waals surface area contributed by atoms with Crippen LogP contribution < -0.4 is 0 Å². The van der Waals surface area contributed by atoms with Gasteiger partial charge in [0.1, 0.15) is 0 Å². The van der Waals surface area contributed by atoms with Crippen LogP contribution in [0, 0.1) is 11.8 Å². The molecule has 59 valence electrons. The fourth-order valence-corrected chi connectivity index (χ4v) is 1.93. The zero-order valence-corrected chi connectivity index (χ0v) is 7.32. The van der Waals surface area contributed by atoms with Crippen LogP contribution in [0.15, 0.2) is 0 Å². The van der Waals surface area contributed by atoms with Crippen LogP contribution in [0.4, 0.5) is 0 Å². The number of hydrogen-bond acceptors (Lipinski definition) is 0. The maximum atomic E-state index is 2.29. The molecule has 0 aromatic rings. The maximum Gasteiger partial charge on any atom is -0.0236 e.